The highest BCUT2D eigenvalue weighted by atomic mass is 16.4. The number of nitrogens with zero attached hydrogens (tertiary/aromatic N) is 2. The molecule has 21 heavy (non-hydrogen) atoms. The number of aromatic amines is 1. The lowest BCUT2D eigenvalue weighted by molar-refractivity contribution is 0.0685. The molecular formula is C14H16N4O3. The SMILES string of the molecule is CN(CCNC(=O)c1nc[nH]c1C(=O)O)c1ccccc1. The van der Waals surface area contributed by atoms with Crippen LogP contribution in [0.4, 0.5) is 5.69 Å². The number of hydrogen-bond acceptors (Lipinski definition) is 4. The molecule has 0 aliphatic carbocycles. The topological polar surface area (TPSA) is 98.3 Å². The van der Waals surface area contributed by atoms with E-state index in [1.807, 2.05) is 42.3 Å². The molecule has 0 unspecified atom stereocenters. The Morgan fingerprint density at radius 3 is 2.71 bits per heavy atom. The first-order chi connectivity index (χ1) is 10.1. The lowest BCUT2D eigenvalue weighted by Crippen LogP contribution is -2.33. The van der Waals surface area contributed by atoms with Gasteiger partial charge in [-0.1, -0.05) is 18.2 Å². The van der Waals surface area contributed by atoms with Crippen molar-refractivity contribution in [2.45, 2.75) is 0 Å². The summed E-state index contributed by atoms with van der Waals surface area (Å²) >= 11 is 0. The molecule has 0 fully saturated rings. The van der Waals surface area contributed by atoms with E-state index in [0.29, 0.717) is 13.1 Å². The van der Waals surface area contributed by atoms with Gasteiger partial charge in [-0.15, -0.1) is 0 Å². The highest BCUT2D eigenvalue weighted by Gasteiger charge is 2.19. The zero-order chi connectivity index (χ0) is 15.2. The largest absolute Gasteiger partial charge is 0.477 e. The number of hydrogen-bond donors (Lipinski definition) is 3. The first-order valence-electron chi connectivity index (χ1n) is 6.40. The van der Waals surface area contributed by atoms with Gasteiger partial charge in [0.25, 0.3) is 5.91 Å². The van der Waals surface area contributed by atoms with E-state index in [1.165, 1.54) is 6.33 Å². The van der Waals surface area contributed by atoms with Gasteiger partial charge in [0, 0.05) is 25.8 Å². The number of anilines is 1. The van der Waals surface area contributed by atoms with Crippen LogP contribution in [0.5, 0.6) is 0 Å². The second-order valence-electron chi connectivity index (χ2n) is 4.44. The lowest BCUT2D eigenvalue weighted by Gasteiger charge is -2.19. The van der Waals surface area contributed by atoms with Gasteiger partial charge in [-0.25, -0.2) is 9.78 Å². The second kappa shape index (κ2) is 6.56. The highest BCUT2D eigenvalue weighted by molar-refractivity contribution is 6.02. The van der Waals surface area contributed by atoms with Crippen molar-refractivity contribution >= 4 is 17.6 Å². The summed E-state index contributed by atoms with van der Waals surface area (Å²) in [5.74, 6) is -1.71. The summed E-state index contributed by atoms with van der Waals surface area (Å²) in [6, 6.07) is 9.75. The van der Waals surface area contributed by atoms with Crippen molar-refractivity contribution in [1.82, 2.24) is 15.3 Å². The van der Waals surface area contributed by atoms with E-state index < -0.39 is 11.9 Å². The Bertz CT molecular complexity index is 624. The van der Waals surface area contributed by atoms with E-state index >= 15 is 0 Å². The van der Waals surface area contributed by atoms with Crippen LogP contribution in [0.2, 0.25) is 0 Å². The van der Waals surface area contributed by atoms with E-state index in [-0.39, 0.29) is 11.4 Å². The molecule has 0 aliphatic heterocycles. The summed E-state index contributed by atoms with van der Waals surface area (Å²) < 4.78 is 0. The summed E-state index contributed by atoms with van der Waals surface area (Å²) in [6.07, 6.45) is 1.19. The molecule has 1 aromatic carbocycles. The summed E-state index contributed by atoms with van der Waals surface area (Å²) in [4.78, 5) is 30.9. The number of carbonyl (C=O) groups excluding carboxylic acids is 1. The monoisotopic (exact) mass is 288 g/mol. The number of imidazole rings is 1. The Morgan fingerprint density at radius 2 is 2.05 bits per heavy atom. The van der Waals surface area contributed by atoms with Gasteiger partial charge in [-0.3, -0.25) is 4.79 Å². The number of aromatic nitrogens is 2. The van der Waals surface area contributed by atoms with Crippen molar-refractivity contribution in [2.24, 2.45) is 0 Å². The fourth-order valence-electron chi connectivity index (χ4n) is 1.86. The van der Waals surface area contributed by atoms with E-state index in [0.717, 1.165) is 5.69 Å². The van der Waals surface area contributed by atoms with Crippen LogP contribution in [0.1, 0.15) is 21.0 Å². The molecule has 1 aromatic heterocycles. The molecular weight excluding hydrogens is 272 g/mol. The van der Waals surface area contributed by atoms with Gasteiger partial charge in [0.05, 0.1) is 6.33 Å². The molecule has 3 N–H and O–H groups in total. The highest BCUT2D eigenvalue weighted by Crippen LogP contribution is 2.09. The zero-order valence-electron chi connectivity index (χ0n) is 11.5. The maximum Gasteiger partial charge on any atom is 0.354 e. The minimum atomic E-state index is -1.21. The van der Waals surface area contributed by atoms with Gasteiger partial charge in [-0.05, 0) is 12.1 Å². The third-order valence-corrected chi connectivity index (χ3v) is 3.00. The average Bonchev–Trinajstić information content (AvgIpc) is 2.97. The fraction of sp³-hybridized carbons (Fsp3) is 0.214. The van der Waals surface area contributed by atoms with Crippen molar-refractivity contribution in [2.75, 3.05) is 25.0 Å². The van der Waals surface area contributed by atoms with Crippen molar-refractivity contribution in [3.8, 4) is 0 Å². The number of aromatic carboxylic acids is 1. The summed E-state index contributed by atoms with van der Waals surface area (Å²) in [7, 11) is 1.92. The summed E-state index contributed by atoms with van der Waals surface area (Å²) in [6.45, 7) is 0.985. The zero-order valence-corrected chi connectivity index (χ0v) is 11.5. The Morgan fingerprint density at radius 1 is 1.33 bits per heavy atom. The molecule has 0 atom stereocenters. The first-order valence-corrected chi connectivity index (χ1v) is 6.40. The van der Waals surface area contributed by atoms with Crippen LogP contribution in [-0.4, -0.2) is 47.1 Å². The predicted octanol–water partition coefficient (Wildman–Crippen LogP) is 0.974. The molecule has 0 saturated carbocycles. The molecule has 0 saturated heterocycles. The standard InChI is InChI=1S/C14H16N4O3/c1-18(10-5-3-2-4-6-10)8-7-15-13(19)11-12(14(20)21)17-9-16-11/h2-6,9H,7-8H2,1H3,(H,15,19)(H,16,17)(H,20,21). The second-order valence-corrected chi connectivity index (χ2v) is 4.44. The molecule has 0 bridgehead atoms. The molecule has 0 radical (unpaired) electrons. The third-order valence-electron chi connectivity index (χ3n) is 3.00. The predicted molar refractivity (Wildman–Crippen MR) is 77.6 cm³/mol. The molecule has 2 aromatic rings. The van der Waals surface area contributed by atoms with E-state index in [9.17, 15) is 9.59 Å². The molecule has 0 aliphatic rings. The number of carboxylic acid groups (broad SMARTS) is 1. The van der Waals surface area contributed by atoms with Crippen molar-refractivity contribution < 1.29 is 14.7 Å². The Hall–Kier alpha value is -2.83. The van der Waals surface area contributed by atoms with Gasteiger partial charge in [-0.2, -0.15) is 0 Å². The average molecular weight is 288 g/mol. The Labute approximate surface area is 121 Å². The van der Waals surface area contributed by atoms with Crippen molar-refractivity contribution in [3.05, 3.63) is 48.0 Å². The van der Waals surface area contributed by atoms with Gasteiger partial charge in [0.15, 0.2) is 11.4 Å². The smallest absolute Gasteiger partial charge is 0.354 e. The van der Waals surface area contributed by atoms with Gasteiger partial charge < -0.3 is 20.3 Å². The molecule has 7 nitrogen and oxygen atoms in total. The molecule has 1 amide bonds. The Kier molecular flexibility index (Phi) is 4.55. The molecule has 110 valence electrons. The molecule has 2 rings (SSSR count). The lowest BCUT2D eigenvalue weighted by atomic mass is 10.3. The van der Waals surface area contributed by atoms with E-state index in [4.69, 9.17) is 5.11 Å². The van der Waals surface area contributed by atoms with Crippen LogP contribution in [0.15, 0.2) is 36.7 Å². The minimum Gasteiger partial charge on any atom is -0.477 e. The maximum atomic E-state index is 11.9. The van der Waals surface area contributed by atoms with E-state index in [1.54, 1.807) is 0 Å². The number of benzene rings is 1. The number of likely N-dealkylation sites (N-methyl/N-ethyl adjacent to an activating group) is 1. The Balaban J connectivity index is 1.87. The fourth-order valence-corrected chi connectivity index (χ4v) is 1.86. The third kappa shape index (κ3) is 3.59. The molecule has 0 spiro atoms. The van der Waals surface area contributed by atoms with Crippen LogP contribution in [0, 0.1) is 0 Å². The minimum absolute atomic E-state index is 0.107. The number of para-hydroxylation sites is 1. The van der Waals surface area contributed by atoms with Crippen molar-refractivity contribution in [3.63, 3.8) is 0 Å². The van der Waals surface area contributed by atoms with Gasteiger partial charge in [0.1, 0.15) is 0 Å². The summed E-state index contributed by atoms with van der Waals surface area (Å²) in [5.41, 5.74) is 0.728. The maximum absolute atomic E-state index is 11.9. The summed E-state index contributed by atoms with van der Waals surface area (Å²) in [5, 5.41) is 11.6. The number of carbonyl (C=O) groups is 2. The molecule has 7 heteroatoms. The van der Waals surface area contributed by atoms with Gasteiger partial charge in [0.2, 0.25) is 0 Å². The van der Waals surface area contributed by atoms with Crippen LogP contribution in [0.25, 0.3) is 0 Å². The van der Waals surface area contributed by atoms with Crippen LogP contribution in [0.3, 0.4) is 0 Å². The van der Waals surface area contributed by atoms with Crippen LogP contribution >= 0.6 is 0 Å². The van der Waals surface area contributed by atoms with Crippen LogP contribution < -0.4 is 10.2 Å². The number of H-pyrrole nitrogens is 1. The van der Waals surface area contributed by atoms with Crippen molar-refractivity contribution in [1.29, 1.82) is 0 Å². The van der Waals surface area contributed by atoms with E-state index in [2.05, 4.69) is 15.3 Å². The van der Waals surface area contributed by atoms with Crippen LogP contribution in [-0.2, 0) is 0 Å². The number of carboxylic acids is 1. The number of rotatable bonds is 6. The number of amides is 1. The first kappa shape index (κ1) is 14.6. The van der Waals surface area contributed by atoms with Gasteiger partial charge >= 0.3 is 5.97 Å². The quantitative estimate of drug-likeness (QED) is 0.736. The normalized spacial score (nSPS) is 10.1. The number of nitrogens with one attached hydrogen (secondary N) is 2. The molecule has 1 heterocycles.